The van der Waals surface area contributed by atoms with Crippen molar-refractivity contribution in [1.82, 2.24) is 19.7 Å². The van der Waals surface area contributed by atoms with Crippen LogP contribution in [0, 0.1) is 0 Å². The topological polar surface area (TPSA) is 80.5 Å². The molecule has 0 bridgehead atoms. The molecule has 0 saturated heterocycles. The van der Waals surface area contributed by atoms with Crippen LogP contribution in [-0.4, -0.2) is 50.4 Å². The highest BCUT2D eigenvalue weighted by Gasteiger charge is 2.26. The molecule has 0 amide bonds. The normalized spacial score (nSPS) is 17.5. The second kappa shape index (κ2) is 6.62. The summed E-state index contributed by atoms with van der Waals surface area (Å²) in [5.74, 6) is -0.0475. The maximum atomic E-state index is 11.2. The highest BCUT2D eigenvalue weighted by molar-refractivity contribution is 5.76. The number of nitrogens with zero attached hydrogens (tertiary/aromatic N) is 4. The SMILES string of the molecule is COc1ccc(CN2CC=C[C@@H]2C(=O)O)cc1Cn1cncn1. The number of methoxy groups -OCH3 is 1. The van der Waals surface area contributed by atoms with Gasteiger partial charge in [-0.05, 0) is 17.7 Å². The molecule has 0 radical (unpaired) electrons. The zero-order valence-electron chi connectivity index (χ0n) is 12.8. The van der Waals surface area contributed by atoms with Crippen LogP contribution in [0.2, 0.25) is 0 Å². The maximum Gasteiger partial charge on any atom is 0.324 e. The van der Waals surface area contributed by atoms with Crippen LogP contribution in [0.5, 0.6) is 5.75 Å². The molecule has 0 unspecified atom stereocenters. The lowest BCUT2D eigenvalue weighted by molar-refractivity contribution is -0.141. The minimum Gasteiger partial charge on any atom is -0.496 e. The Morgan fingerprint density at radius 3 is 3.00 bits per heavy atom. The summed E-state index contributed by atoms with van der Waals surface area (Å²) in [5, 5.41) is 13.3. The quantitative estimate of drug-likeness (QED) is 0.806. The van der Waals surface area contributed by atoms with Gasteiger partial charge in [0.15, 0.2) is 0 Å². The van der Waals surface area contributed by atoms with Crippen LogP contribution in [0.1, 0.15) is 11.1 Å². The molecule has 0 fully saturated rings. The lowest BCUT2D eigenvalue weighted by atomic mass is 10.1. The molecule has 1 aromatic carbocycles. The van der Waals surface area contributed by atoms with E-state index in [2.05, 4.69) is 10.1 Å². The first-order valence-corrected chi connectivity index (χ1v) is 7.29. The van der Waals surface area contributed by atoms with E-state index in [1.807, 2.05) is 29.2 Å². The standard InChI is InChI=1S/C16H18N4O3/c1-23-15-5-4-12(7-13(15)9-20-11-17-10-18-20)8-19-6-2-3-14(19)16(21)22/h2-5,7,10-11,14H,6,8-9H2,1H3,(H,21,22)/t14-/m1/s1. The maximum absolute atomic E-state index is 11.2. The fourth-order valence-corrected chi connectivity index (χ4v) is 2.74. The Morgan fingerprint density at radius 2 is 2.30 bits per heavy atom. The Balaban J connectivity index is 1.79. The van der Waals surface area contributed by atoms with Crippen molar-refractivity contribution in [3.63, 3.8) is 0 Å². The molecule has 7 heteroatoms. The molecule has 1 aromatic heterocycles. The lowest BCUT2D eigenvalue weighted by Gasteiger charge is -2.21. The Hall–Kier alpha value is -2.67. The molecule has 120 valence electrons. The molecule has 2 heterocycles. The number of carbonyl (C=O) groups is 1. The lowest BCUT2D eigenvalue weighted by Crippen LogP contribution is -2.35. The largest absolute Gasteiger partial charge is 0.496 e. The van der Waals surface area contributed by atoms with E-state index < -0.39 is 12.0 Å². The van der Waals surface area contributed by atoms with Gasteiger partial charge in [0, 0.05) is 18.7 Å². The molecule has 1 aliphatic rings. The third-order valence-corrected chi connectivity index (χ3v) is 3.83. The first kappa shape index (κ1) is 15.2. The second-order valence-corrected chi connectivity index (χ2v) is 5.38. The van der Waals surface area contributed by atoms with Crippen molar-refractivity contribution in [2.24, 2.45) is 0 Å². The fraction of sp³-hybridized carbons (Fsp3) is 0.312. The van der Waals surface area contributed by atoms with Crippen LogP contribution in [0.15, 0.2) is 43.0 Å². The summed E-state index contributed by atoms with van der Waals surface area (Å²) >= 11 is 0. The van der Waals surface area contributed by atoms with Crippen LogP contribution >= 0.6 is 0 Å². The Labute approximate surface area is 133 Å². The Morgan fingerprint density at radius 1 is 1.43 bits per heavy atom. The zero-order valence-corrected chi connectivity index (χ0v) is 12.8. The number of hydrogen-bond acceptors (Lipinski definition) is 5. The molecule has 0 spiro atoms. The summed E-state index contributed by atoms with van der Waals surface area (Å²) in [5.41, 5.74) is 2.02. The van der Waals surface area contributed by atoms with E-state index in [4.69, 9.17) is 4.74 Å². The zero-order chi connectivity index (χ0) is 16.2. The van der Waals surface area contributed by atoms with Crippen LogP contribution < -0.4 is 4.74 Å². The van der Waals surface area contributed by atoms with Crippen molar-refractivity contribution in [1.29, 1.82) is 0 Å². The van der Waals surface area contributed by atoms with Crippen molar-refractivity contribution in [3.05, 3.63) is 54.1 Å². The number of carboxylic acids is 1. The van der Waals surface area contributed by atoms with Crippen molar-refractivity contribution >= 4 is 5.97 Å². The van der Waals surface area contributed by atoms with Gasteiger partial charge in [-0.15, -0.1) is 0 Å². The van der Waals surface area contributed by atoms with E-state index in [1.165, 1.54) is 6.33 Å². The number of hydrogen-bond donors (Lipinski definition) is 1. The predicted molar refractivity (Wildman–Crippen MR) is 83.1 cm³/mol. The van der Waals surface area contributed by atoms with Gasteiger partial charge in [0.05, 0.1) is 13.7 Å². The van der Waals surface area contributed by atoms with Crippen molar-refractivity contribution in [2.45, 2.75) is 19.1 Å². The van der Waals surface area contributed by atoms with E-state index in [0.29, 0.717) is 19.6 Å². The summed E-state index contributed by atoms with van der Waals surface area (Å²) in [6.07, 6.45) is 6.75. The van der Waals surface area contributed by atoms with Gasteiger partial charge >= 0.3 is 5.97 Å². The van der Waals surface area contributed by atoms with Crippen LogP contribution in [0.3, 0.4) is 0 Å². The van der Waals surface area contributed by atoms with Crippen molar-refractivity contribution in [3.8, 4) is 5.75 Å². The average Bonchev–Trinajstić information content (AvgIpc) is 3.19. The highest BCUT2D eigenvalue weighted by atomic mass is 16.5. The number of aliphatic carboxylic acids is 1. The molecule has 3 rings (SSSR count). The first-order chi connectivity index (χ1) is 11.2. The van der Waals surface area contributed by atoms with Gasteiger partial charge in [-0.3, -0.25) is 9.69 Å². The highest BCUT2D eigenvalue weighted by Crippen LogP contribution is 2.23. The molecule has 1 atom stereocenters. The van der Waals surface area contributed by atoms with Crippen LogP contribution in [0.4, 0.5) is 0 Å². The monoisotopic (exact) mass is 314 g/mol. The third kappa shape index (κ3) is 3.40. The average molecular weight is 314 g/mol. The Kier molecular flexibility index (Phi) is 4.38. The minimum atomic E-state index is -0.824. The first-order valence-electron chi connectivity index (χ1n) is 7.29. The minimum absolute atomic E-state index is 0.553. The molecular formula is C16H18N4O3. The molecule has 0 saturated carbocycles. The van der Waals surface area contributed by atoms with Gasteiger partial charge in [-0.2, -0.15) is 5.10 Å². The molecular weight excluding hydrogens is 296 g/mol. The summed E-state index contributed by atoms with van der Waals surface area (Å²) in [4.78, 5) is 17.1. The summed E-state index contributed by atoms with van der Waals surface area (Å²) in [6, 6.07) is 5.33. The predicted octanol–water partition coefficient (Wildman–Crippen LogP) is 1.16. The van der Waals surface area contributed by atoms with Gasteiger partial charge in [0.1, 0.15) is 24.4 Å². The molecule has 1 N–H and O–H groups in total. The van der Waals surface area contributed by atoms with Crippen molar-refractivity contribution < 1.29 is 14.6 Å². The number of ether oxygens (including phenoxy) is 1. The number of carboxylic acid groups (broad SMARTS) is 1. The third-order valence-electron chi connectivity index (χ3n) is 3.83. The van der Waals surface area contributed by atoms with E-state index >= 15 is 0 Å². The molecule has 23 heavy (non-hydrogen) atoms. The van der Waals surface area contributed by atoms with Crippen molar-refractivity contribution in [2.75, 3.05) is 13.7 Å². The summed E-state index contributed by atoms with van der Waals surface area (Å²) in [7, 11) is 1.63. The Bertz CT molecular complexity index is 712. The summed E-state index contributed by atoms with van der Waals surface area (Å²) in [6.45, 7) is 1.76. The smallest absolute Gasteiger partial charge is 0.324 e. The second-order valence-electron chi connectivity index (χ2n) is 5.38. The van der Waals surface area contributed by atoms with E-state index in [-0.39, 0.29) is 0 Å². The number of aromatic nitrogens is 3. The number of rotatable bonds is 6. The van der Waals surface area contributed by atoms with E-state index in [0.717, 1.165) is 16.9 Å². The van der Waals surface area contributed by atoms with Crippen LogP contribution in [0.25, 0.3) is 0 Å². The van der Waals surface area contributed by atoms with Gasteiger partial charge in [0.2, 0.25) is 0 Å². The van der Waals surface area contributed by atoms with Gasteiger partial charge in [0.25, 0.3) is 0 Å². The van der Waals surface area contributed by atoms with Gasteiger partial charge < -0.3 is 9.84 Å². The summed E-state index contributed by atoms with van der Waals surface area (Å²) < 4.78 is 7.12. The van der Waals surface area contributed by atoms with E-state index in [9.17, 15) is 9.90 Å². The molecule has 7 nitrogen and oxygen atoms in total. The van der Waals surface area contributed by atoms with Crippen LogP contribution in [-0.2, 0) is 17.9 Å². The molecule has 2 aromatic rings. The molecule has 1 aliphatic heterocycles. The molecule has 0 aliphatic carbocycles. The van der Waals surface area contributed by atoms with Gasteiger partial charge in [-0.1, -0.05) is 18.2 Å². The van der Waals surface area contributed by atoms with E-state index in [1.54, 1.807) is 24.2 Å². The fourth-order valence-electron chi connectivity index (χ4n) is 2.74. The number of benzene rings is 1. The van der Waals surface area contributed by atoms with Gasteiger partial charge in [-0.25, -0.2) is 9.67 Å².